The molecule has 1 unspecified atom stereocenters. The van der Waals surface area contributed by atoms with Crippen molar-refractivity contribution < 1.29 is 0 Å². The Labute approximate surface area is 99.4 Å². The number of thiophene rings is 1. The molecule has 0 spiro atoms. The lowest BCUT2D eigenvalue weighted by atomic mass is 10.3. The van der Waals surface area contributed by atoms with Crippen molar-refractivity contribution in [3.8, 4) is 0 Å². The van der Waals surface area contributed by atoms with Crippen LogP contribution in [0.3, 0.4) is 0 Å². The fourth-order valence-corrected chi connectivity index (χ4v) is 2.36. The summed E-state index contributed by atoms with van der Waals surface area (Å²) in [5.74, 6) is 0.685. The Kier molecular flexibility index (Phi) is 3.45. The fourth-order valence-electron chi connectivity index (χ4n) is 1.15. The van der Waals surface area contributed by atoms with Crippen molar-refractivity contribution in [1.29, 1.82) is 0 Å². The average Bonchev–Trinajstić information content (AvgIpc) is 2.84. The van der Waals surface area contributed by atoms with Crippen LogP contribution in [0.25, 0.3) is 0 Å². The lowest BCUT2D eigenvalue weighted by Gasteiger charge is -2.07. The van der Waals surface area contributed by atoms with Gasteiger partial charge >= 0.3 is 0 Å². The number of H-pyrrole nitrogens is 1. The molecular formula is C8H10BrN5S. The molecule has 0 radical (unpaired) electrons. The fraction of sp³-hybridized carbons (Fsp3) is 0.375. The molecule has 0 saturated carbocycles. The predicted octanol–water partition coefficient (Wildman–Crippen LogP) is 1.87. The van der Waals surface area contributed by atoms with Gasteiger partial charge in [0.1, 0.15) is 0 Å². The first kappa shape index (κ1) is 10.7. The lowest BCUT2D eigenvalue weighted by molar-refractivity contribution is 0.547. The maximum atomic E-state index is 3.92. The van der Waals surface area contributed by atoms with Crippen LogP contribution >= 0.6 is 27.3 Å². The van der Waals surface area contributed by atoms with E-state index < -0.39 is 0 Å². The molecule has 1 atom stereocenters. The van der Waals surface area contributed by atoms with E-state index in [4.69, 9.17) is 0 Å². The van der Waals surface area contributed by atoms with E-state index in [1.54, 1.807) is 11.3 Å². The summed E-state index contributed by atoms with van der Waals surface area (Å²) in [6, 6.07) is 2.20. The van der Waals surface area contributed by atoms with Crippen molar-refractivity contribution >= 4 is 27.3 Å². The molecular weight excluding hydrogens is 278 g/mol. The molecule has 0 aliphatic carbocycles. The largest absolute Gasteiger partial charge is 0.303 e. The summed E-state index contributed by atoms with van der Waals surface area (Å²) in [6.45, 7) is 2.81. The third kappa shape index (κ3) is 2.83. The van der Waals surface area contributed by atoms with Crippen LogP contribution in [-0.4, -0.2) is 20.6 Å². The zero-order valence-electron chi connectivity index (χ0n) is 8.07. The number of rotatable bonds is 4. The van der Waals surface area contributed by atoms with E-state index in [1.165, 1.54) is 5.56 Å². The van der Waals surface area contributed by atoms with Gasteiger partial charge in [-0.2, -0.15) is 5.21 Å². The first-order valence-electron chi connectivity index (χ1n) is 4.45. The number of aromatic amines is 1. The second-order valence-electron chi connectivity index (χ2n) is 3.13. The zero-order chi connectivity index (χ0) is 10.7. The molecule has 5 nitrogen and oxygen atoms in total. The normalized spacial score (nSPS) is 12.9. The van der Waals surface area contributed by atoms with Crippen molar-refractivity contribution in [2.75, 3.05) is 0 Å². The van der Waals surface area contributed by atoms with Crippen LogP contribution in [-0.2, 0) is 6.54 Å². The monoisotopic (exact) mass is 287 g/mol. The molecule has 0 aliphatic heterocycles. The number of hydrogen-bond donors (Lipinski definition) is 2. The van der Waals surface area contributed by atoms with Crippen LogP contribution in [0.1, 0.15) is 24.4 Å². The molecule has 80 valence electrons. The minimum Gasteiger partial charge on any atom is -0.303 e. The molecule has 7 heteroatoms. The van der Waals surface area contributed by atoms with Gasteiger partial charge < -0.3 is 5.32 Å². The van der Waals surface area contributed by atoms with Crippen molar-refractivity contribution in [2.45, 2.75) is 19.5 Å². The summed E-state index contributed by atoms with van der Waals surface area (Å²) in [5.41, 5.74) is 1.25. The molecule has 2 aromatic rings. The predicted molar refractivity (Wildman–Crippen MR) is 61.5 cm³/mol. The van der Waals surface area contributed by atoms with Gasteiger partial charge in [0.05, 0.1) is 9.83 Å². The molecule has 0 fully saturated rings. The molecule has 0 bridgehead atoms. The van der Waals surface area contributed by atoms with Gasteiger partial charge in [0, 0.05) is 6.54 Å². The third-order valence-corrected chi connectivity index (χ3v) is 3.54. The molecule has 2 N–H and O–H groups in total. The van der Waals surface area contributed by atoms with Crippen molar-refractivity contribution in [1.82, 2.24) is 25.9 Å². The Hall–Kier alpha value is -0.790. The molecule has 15 heavy (non-hydrogen) atoms. The number of hydrogen-bond acceptors (Lipinski definition) is 5. The highest BCUT2D eigenvalue weighted by Crippen LogP contribution is 2.20. The van der Waals surface area contributed by atoms with Gasteiger partial charge in [0.15, 0.2) is 5.82 Å². The third-order valence-electron chi connectivity index (χ3n) is 1.98. The van der Waals surface area contributed by atoms with Crippen LogP contribution in [0.5, 0.6) is 0 Å². The molecule has 0 saturated heterocycles. The molecule has 0 aromatic carbocycles. The molecule has 2 rings (SSSR count). The Bertz CT molecular complexity index is 412. The topological polar surface area (TPSA) is 66.5 Å². The highest BCUT2D eigenvalue weighted by molar-refractivity contribution is 9.11. The molecule has 2 aromatic heterocycles. The van der Waals surface area contributed by atoms with Gasteiger partial charge in [-0.1, -0.05) is 5.21 Å². The summed E-state index contributed by atoms with van der Waals surface area (Å²) in [7, 11) is 0. The van der Waals surface area contributed by atoms with Gasteiger partial charge in [0.2, 0.25) is 0 Å². The van der Waals surface area contributed by atoms with E-state index in [2.05, 4.69) is 53.3 Å². The Morgan fingerprint density at radius 3 is 3.13 bits per heavy atom. The van der Waals surface area contributed by atoms with E-state index in [9.17, 15) is 0 Å². The van der Waals surface area contributed by atoms with Crippen molar-refractivity contribution in [2.24, 2.45) is 0 Å². The highest BCUT2D eigenvalue weighted by Gasteiger charge is 2.09. The number of halogens is 1. The first-order valence-corrected chi connectivity index (χ1v) is 6.12. The minimum atomic E-state index is 0.0995. The van der Waals surface area contributed by atoms with Gasteiger partial charge in [0.25, 0.3) is 0 Å². The smallest absolute Gasteiger partial charge is 0.191 e. The van der Waals surface area contributed by atoms with E-state index in [-0.39, 0.29) is 6.04 Å². The summed E-state index contributed by atoms with van der Waals surface area (Å²) >= 11 is 5.11. The SMILES string of the molecule is CC(NCc1csc(Br)c1)c1nn[nH]n1. The van der Waals surface area contributed by atoms with E-state index >= 15 is 0 Å². The van der Waals surface area contributed by atoms with Crippen molar-refractivity contribution in [3.63, 3.8) is 0 Å². The van der Waals surface area contributed by atoms with Gasteiger partial charge in [-0.3, -0.25) is 0 Å². The maximum absolute atomic E-state index is 3.92. The highest BCUT2D eigenvalue weighted by atomic mass is 79.9. The van der Waals surface area contributed by atoms with Crippen LogP contribution < -0.4 is 5.32 Å². The summed E-state index contributed by atoms with van der Waals surface area (Å²) in [6.07, 6.45) is 0. The standard InChI is InChI=1S/C8H10BrN5S/c1-5(8-11-13-14-12-8)10-3-6-2-7(9)15-4-6/h2,4-5,10H,3H2,1H3,(H,11,12,13,14). The first-order chi connectivity index (χ1) is 7.25. The van der Waals surface area contributed by atoms with Crippen LogP contribution in [0.2, 0.25) is 0 Å². The van der Waals surface area contributed by atoms with Gasteiger partial charge in [-0.15, -0.1) is 21.5 Å². The number of nitrogens with one attached hydrogen (secondary N) is 2. The van der Waals surface area contributed by atoms with Crippen LogP contribution in [0, 0.1) is 0 Å². The Morgan fingerprint density at radius 2 is 2.53 bits per heavy atom. The molecule has 0 aliphatic rings. The molecule has 0 amide bonds. The van der Waals surface area contributed by atoms with E-state index in [1.807, 2.05) is 6.92 Å². The van der Waals surface area contributed by atoms with E-state index in [0.717, 1.165) is 10.3 Å². The number of tetrazole rings is 1. The minimum absolute atomic E-state index is 0.0995. The average molecular weight is 288 g/mol. The summed E-state index contributed by atoms with van der Waals surface area (Å²) in [4.78, 5) is 0. The second kappa shape index (κ2) is 4.82. The molecule has 2 heterocycles. The second-order valence-corrected chi connectivity index (χ2v) is 5.42. The summed E-state index contributed by atoms with van der Waals surface area (Å²) < 4.78 is 1.14. The number of nitrogens with zero attached hydrogens (tertiary/aromatic N) is 3. The van der Waals surface area contributed by atoms with Gasteiger partial charge in [-0.05, 0) is 39.9 Å². The Morgan fingerprint density at radius 1 is 1.67 bits per heavy atom. The maximum Gasteiger partial charge on any atom is 0.191 e. The lowest BCUT2D eigenvalue weighted by Crippen LogP contribution is -2.18. The number of aromatic nitrogens is 4. The quantitative estimate of drug-likeness (QED) is 0.901. The summed E-state index contributed by atoms with van der Waals surface area (Å²) in [5, 5.41) is 19.2. The Balaban J connectivity index is 1.88. The van der Waals surface area contributed by atoms with Crippen LogP contribution in [0.15, 0.2) is 15.2 Å². The van der Waals surface area contributed by atoms with Crippen LogP contribution in [0.4, 0.5) is 0 Å². The van der Waals surface area contributed by atoms with Crippen molar-refractivity contribution in [3.05, 3.63) is 26.6 Å². The zero-order valence-corrected chi connectivity index (χ0v) is 10.5. The van der Waals surface area contributed by atoms with E-state index in [0.29, 0.717) is 5.82 Å². The van der Waals surface area contributed by atoms with Gasteiger partial charge in [-0.25, -0.2) is 0 Å².